The summed E-state index contributed by atoms with van der Waals surface area (Å²) in [5, 5.41) is 11.4. The van der Waals surface area contributed by atoms with E-state index in [1.165, 1.54) is 18.2 Å². The Hall–Kier alpha value is -2.35. The molecule has 7 nitrogen and oxygen atoms in total. The summed E-state index contributed by atoms with van der Waals surface area (Å²) in [4.78, 5) is 24.8. The number of rotatable bonds is 4. The summed E-state index contributed by atoms with van der Waals surface area (Å²) in [6.07, 6.45) is 1.60. The van der Waals surface area contributed by atoms with Gasteiger partial charge in [0.15, 0.2) is 0 Å². The molecule has 0 radical (unpaired) electrons. The number of halogens is 2. The van der Waals surface area contributed by atoms with Gasteiger partial charge in [0.25, 0.3) is 5.91 Å². The van der Waals surface area contributed by atoms with Crippen molar-refractivity contribution in [1.82, 2.24) is 4.90 Å². The number of carbonyl (C=O) groups is 1. The maximum atomic E-state index is 12.5. The summed E-state index contributed by atoms with van der Waals surface area (Å²) in [5.74, 6) is 0.428. The minimum Gasteiger partial charge on any atom is -0.450 e. The summed E-state index contributed by atoms with van der Waals surface area (Å²) in [7, 11) is 0. The number of likely N-dealkylation sites (tertiary alicyclic amines) is 1. The largest absolute Gasteiger partial charge is 0.450 e. The Morgan fingerprint density at radius 3 is 2.41 bits per heavy atom. The van der Waals surface area contributed by atoms with E-state index in [2.05, 4.69) is 0 Å². The average Bonchev–Trinajstić information content (AvgIpc) is 2.64. The van der Waals surface area contributed by atoms with Crippen LogP contribution in [0.5, 0.6) is 11.5 Å². The minimum atomic E-state index is -0.555. The fourth-order valence-electron chi connectivity index (χ4n) is 2.80. The zero-order valence-electron chi connectivity index (χ0n) is 14.3. The van der Waals surface area contributed by atoms with Gasteiger partial charge < -0.3 is 15.4 Å². The molecule has 3 rings (SSSR count). The molecule has 0 saturated carbocycles. The molecule has 1 aliphatic rings. The van der Waals surface area contributed by atoms with Crippen molar-refractivity contribution in [3.05, 3.63) is 63.2 Å². The van der Waals surface area contributed by atoms with Gasteiger partial charge >= 0.3 is 5.69 Å². The van der Waals surface area contributed by atoms with Crippen LogP contribution in [0.2, 0.25) is 5.02 Å². The fraction of sp³-hybridized carbons (Fsp3) is 0.278. The highest BCUT2D eigenvalue weighted by atomic mass is 35.5. The van der Waals surface area contributed by atoms with E-state index in [1.54, 1.807) is 29.2 Å². The van der Waals surface area contributed by atoms with Crippen molar-refractivity contribution in [3.8, 4) is 11.5 Å². The molecule has 0 unspecified atom stereocenters. The molecule has 2 N–H and O–H groups in total. The predicted molar refractivity (Wildman–Crippen MR) is 105 cm³/mol. The van der Waals surface area contributed by atoms with E-state index < -0.39 is 4.92 Å². The van der Waals surface area contributed by atoms with Gasteiger partial charge in [-0.25, -0.2) is 0 Å². The van der Waals surface area contributed by atoms with Crippen molar-refractivity contribution < 1.29 is 14.5 Å². The van der Waals surface area contributed by atoms with Gasteiger partial charge in [-0.2, -0.15) is 0 Å². The van der Waals surface area contributed by atoms with Gasteiger partial charge in [0.05, 0.1) is 4.92 Å². The molecule has 0 bridgehead atoms. The number of nitrogens with zero attached hydrogens (tertiary/aromatic N) is 2. The van der Waals surface area contributed by atoms with E-state index in [1.807, 2.05) is 0 Å². The van der Waals surface area contributed by atoms with Crippen molar-refractivity contribution in [3.63, 3.8) is 0 Å². The van der Waals surface area contributed by atoms with Crippen LogP contribution < -0.4 is 10.5 Å². The number of hydrogen-bond acceptors (Lipinski definition) is 5. The lowest BCUT2D eigenvalue weighted by molar-refractivity contribution is -0.385. The third-order valence-electron chi connectivity index (χ3n) is 4.27. The third kappa shape index (κ3) is 5.09. The van der Waals surface area contributed by atoms with Gasteiger partial charge in [-0.1, -0.05) is 11.6 Å². The van der Waals surface area contributed by atoms with Gasteiger partial charge in [0.2, 0.25) is 5.75 Å². The third-order valence-corrected chi connectivity index (χ3v) is 4.51. The fourth-order valence-corrected chi connectivity index (χ4v) is 2.96. The van der Waals surface area contributed by atoms with Crippen molar-refractivity contribution in [1.29, 1.82) is 0 Å². The van der Waals surface area contributed by atoms with Gasteiger partial charge in [0.1, 0.15) is 5.75 Å². The first kappa shape index (κ1) is 21.0. The van der Waals surface area contributed by atoms with E-state index in [4.69, 9.17) is 22.1 Å². The molecule has 0 aliphatic carbocycles. The molecule has 9 heteroatoms. The van der Waals surface area contributed by atoms with Gasteiger partial charge in [0, 0.05) is 35.8 Å². The lowest BCUT2D eigenvalue weighted by Crippen LogP contribution is -2.42. The van der Waals surface area contributed by atoms with Crippen LogP contribution in [0.25, 0.3) is 0 Å². The highest BCUT2D eigenvalue weighted by Crippen LogP contribution is 2.33. The number of hydrogen-bond donors (Lipinski definition) is 1. The van der Waals surface area contributed by atoms with Crippen molar-refractivity contribution in [2.24, 2.45) is 5.73 Å². The molecule has 1 heterocycles. The number of amides is 1. The zero-order chi connectivity index (χ0) is 18.7. The second-order valence-electron chi connectivity index (χ2n) is 6.13. The summed E-state index contributed by atoms with van der Waals surface area (Å²) in [5.41, 5.74) is 6.18. The monoisotopic (exact) mass is 411 g/mol. The molecule has 0 atom stereocenters. The SMILES string of the molecule is Cl.NC1CCN(C(=O)c2ccc(Oc3ccc(Cl)cc3[N+](=O)[O-])cc2)CC1. The lowest BCUT2D eigenvalue weighted by atomic mass is 10.0. The molecule has 27 heavy (non-hydrogen) atoms. The minimum absolute atomic E-state index is 0. The number of nitro benzene ring substituents is 1. The van der Waals surface area contributed by atoms with Crippen molar-refractivity contribution in [2.45, 2.75) is 18.9 Å². The van der Waals surface area contributed by atoms with E-state index in [0.717, 1.165) is 12.8 Å². The molecule has 1 amide bonds. The Morgan fingerprint density at radius 1 is 1.19 bits per heavy atom. The lowest BCUT2D eigenvalue weighted by Gasteiger charge is -2.30. The van der Waals surface area contributed by atoms with Gasteiger partial charge in [-0.05, 0) is 49.2 Å². The van der Waals surface area contributed by atoms with Crippen LogP contribution in [0.1, 0.15) is 23.2 Å². The highest BCUT2D eigenvalue weighted by Gasteiger charge is 2.22. The van der Waals surface area contributed by atoms with Crippen LogP contribution in [0.4, 0.5) is 5.69 Å². The molecule has 2 aromatic carbocycles. The predicted octanol–water partition coefficient (Wildman–Crippen LogP) is 4.03. The van der Waals surface area contributed by atoms with Crippen LogP contribution in [0.3, 0.4) is 0 Å². The van der Waals surface area contributed by atoms with Crippen LogP contribution in [-0.2, 0) is 0 Å². The standard InChI is InChI=1S/C18H18ClN3O4.ClH/c19-13-3-6-17(16(11-13)22(24)25)26-15-4-1-12(2-5-15)18(23)21-9-7-14(20)8-10-21;/h1-6,11,14H,7-10,20H2;1H. The smallest absolute Gasteiger partial charge is 0.313 e. The van der Waals surface area contributed by atoms with E-state index in [9.17, 15) is 14.9 Å². The number of benzene rings is 2. The van der Waals surface area contributed by atoms with Crippen LogP contribution in [0, 0.1) is 10.1 Å². The van der Waals surface area contributed by atoms with Crippen LogP contribution in [-0.4, -0.2) is 34.9 Å². The first-order valence-corrected chi connectivity index (χ1v) is 8.58. The second kappa shape index (κ2) is 9.03. The maximum absolute atomic E-state index is 12.5. The van der Waals surface area contributed by atoms with Gasteiger partial charge in [-0.15, -0.1) is 12.4 Å². The topological polar surface area (TPSA) is 98.7 Å². The number of piperidine rings is 1. The average molecular weight is 412 g/mol. The molecule has 1 aliphatic heterocycles. The van der Waals surface area contributed by atoms with Crippen molar-refractivity contribution in [2.75, 3.05) is 13.1 Å². The first-order valence-electron chi connectivity index (χ1n) is 8.21. The summed E-state index contributed by atoms with van der Waals surface area (Å²) in [6, 6.07) is 10.9. The zero-order valence-corrected chi connectivity index (χ0v) is 15.9. The molecule has 144 valence electrons. The van der Waals surface area contributed by atoms with E-state index in [-0.39, 0.29) is 40.8 Å². The summed E-state index contributed by atoms with van der Waals surface area (Å²) in [6.45, 7) is 1.30. The quantitative estimate of drug-likeness (QED) is 0.604. The molecule has 0 aromatic heterocycles. The number of ether oxygens (including phenoxy) is 1. The molecule has 0 spiro atoms. The van der Waals surface area contributed by atoms with E-state index >= 15 is 0 Å². The Morgan fingerprint density at radius 2 is 1.81 bits per heavy atom. The number of carbonyl (C=O) groups excluding carboxylic acids is 1. The number of nitrogens with two attached hydrogens (primary N) is 1. The van der Waals surface area contributed by atoms with Crippen molar-refractivity contribution >= 4 is 35.6 Å². The second-order valence-corrected chi connectivity index (χ2v) is 6.56. The van der Waals surface area contributed by atoms with Crippen LogP contribution in [0.15, 0.2) is 42.5 Å². The Bertz CT molecular complexity index is 822. The summed E-state index contributed by atoms with van der Waals surface area (Å²) < 4.78 is 5.58. The normalized spacial score (nSPS) is 14.4. The molecule has 2 aromatic rings. The van der Waals surface area contributed by atoms with Crippen LogP contribution >= 0.6 is 24.0 Å². The molecule has 1 fully saturated rings. The maximum Gasteiger partial charge on any atom is 0.313 e. The summed E-state index contributed by atoms with van der Waals surface area (Å²) >= 11 is 5.79. The molecular weight excluding hydrogens is 393 g/mol. The number of nitro groups is 1. The Kier molecular flexibility index (Phi) is 7.01. The molecule has 1 saturated heterocycles. The highest BCUT2D eigenvalue weighted by molar-refractivity contribution is 6.30. The first-order chi connectivity index (χ1) is 12.4. The Balaban J connectivity index is 0.00000261. The van der Waals surface area contributed by atoms with Gasteiger partial charge in [-0.3, -0.25) is 14.9 Å². The molecular formula is C18H19Cl2N3O4. The Labute approximate surface area is 167 Å². The van der Waals surface area contributed by atoms with E-state index in [0.29, 0.717) is 24.4 Å².